The number of ether oxygens (including phenoxy) is 4. The Morgan fingerprint density at radius 3 is 1.20 bits per heavy atom. The lowest BCUT2D eigenvalue weighted by atomic mass is 10.0. The molecule has 71 heavy (non-hydrogen) atoms. The number of rotatable bonds is 52. The summed E-state index contributed by atoms with van der Waals surface area (Å²) in [7, 11) is 5.95. The molecule has 0 aromatic heterocycles. The Labute approximate surface area is 436 Å². The lowest BCUT2D eigenvalue weighted by Gasteiger charge is -2.25. The first kappa shape index (κ1) is 67.5. The van der Waals surface area contributed by atoms with Crippen molar-refractivity contribution in [2.45, 2.75) is 245 Å². The number of carboxylic acids is 1. The van der Waals surface area contributed by atoms with E-state index in [-0.39, 0.29) is 32.2 Å². The molecule has 0 heterocycles. The molecule has 0 aliphatic rings. The Morgan fingerprint density at radius 2 is 0.803 bits per heavy atom. The number of aliphatic carboxylic acids is 1. The molecule has 1 N–H and O–H groups in total. The Kier molecular flexibility index (Phi) is 50.2. The van der Waals surface area contributed by atoms with Gasteiger partial charge in [0.05, 0.1) is 34.4 Å². The molecule has 0 aliphatic carbocycles. The molecule has 0 aliphatic heterocycles. The molecule has 0 fully saturated rings. The molecule has 0 saturated carbocycles. The quantitative estimate of drug-likeness (QED) is 0.0211. The van der Waals surface area contributed by atoms with Crippen molar-refractivity contribution >= 4 is 17.9 Å². The maximum atomic E-state index is 12.8. The average molecular weight is 996 g/mol. The number of nitrogens with zero attached hydrogens (tertiary/aromatic N) is 1. The summed E-state index contributed by atoms with van der Waals surface area (Å²) in [5.74, 6) is -2.02. The van der Waals surface area contributed by atoms with Crippen molar-refractivity contribution < 1.29 is 42.9 Å². The molecule has 0 radical (unpaired) electrons. The van der Waals surface area contributed by atoms with E-state index in [1.54, 1.807) is 0 Å². The van der Waals surface area contributed by atoms with Gasteiger partial charge in [0.2, 0.25) is 0 Å². The number of unbranched alkanes of at least 4 members (excludes halogenated alkanes) is 23. The van der Waals surface area contributed by atoms with Crippen LogP contribution in [0, 0.1) is 0 Å². The molecule has 2 unspecified atom stereocenters. The first-order chi connectivity index (χ1) is 34.6. The van der Waals surface area contributed by atoms with Crippen molar-refractivity contribution in [3.05, 3.63) is 85.1 Å². The van der Waals surface area contributed by atoms with E-state index in [0.29, 0.717) is 17.4 Å². The van der Waals surface area contributed by atoms with Crippen molar-refractivity contribution in [3.8, 4) is 0 Å². The van der Waals surface area contributed by atoms with Crippen LogP contribution in [-0.4, -0.2) is 87.4 Å². The lowest BCUT2D eigenvalue weighted by molar-refractivity contribution is -0.870. The van der Waals surface area contributed by atoms with Gasteiger partial charge in [0.1, 0.15) is 13.2 Å². The first-order valence-corrected chi connectivity index (χ1v) is 28.8. The van der Waals surface area contributed by atoms with Gasteiger partial charge in [-0.25, -0.2) is 4.79 Å². The van der Waals surface area contributed by atoms with Crippen LogP contribution in [0.25, 0.3) is 0 Å². The van der Waals surface area contributed by atoms with Gasteiger partial charge in [-0.2, -0.15) is 0 Å². The summed E-state index contributed by atoms with van der Waals surface area (Å²) in [6.45, 7) is 4.66. The third kappa shape index (κ3) is 54.1. The number of quaternary nitrogens is 1. The van der Waals surface area contributed by atoms with Crippen LogP contribution in [0.3, 0.4) is 0 Å². The van der Waals surface area contributed by atoms with E-state index in [4.69, 9.17) is 18.9 Å². The number of carbonyl (C=O) groups is 3. The summed E-state index contributed by atoms with van der Waals surface area (Å²) >= 11 is 0. The second-order valence-electron chi connectivity index (χ2n) is 20.2. The van der Waals surface area contributed by atoms with Crippen molar-refractivity contribution in [2.24, 2.45) is 0 Å². The molecule has 9 heteroatoms. The van der Waals surface area contributed by atoms with Gasteiger partial charge in [-0.1, -0.05) is 234 Å². The summed E-state index contributed by atoms with van der Waals surface area (Å²) in [4.78, 5) is 36.9. The third-order valence-electron chi connectivity index (χ3n) is 12.2. The van der Waals surface area contributed by atoms with E-state index >= 15 is 0 Å². The van der Waals surface area contributed by atoms with Gasteiger partial charge in [0.25, 0.3) is 6.29 Å². The highest BCUT2D eigenvalue weighted by atomic mass is 16.7. The third-order valence-corrected chi connectivity index (χ3v) is 12.2. The van der Waals surface area contributed by atoms with Gasteiger partial charge >= 0.3 is 17.9 Å². The largest absolute Gasteiger partial charge is 0.477 e. The zero-order chi connectivity index (χ0) is 52.0. The summed E-state index contributed by atoms with van der Waals surface area (Å²) in [5.41, 5.74) is 0. The van der Waals surface area contributed by atoms with Crippen LogP contribution in [0.2, 0.25) is 0 Å². The van der Waals surface area contributed by atoms with Crippen molar-refractivity contribution in [1.82, 2.24) is 0 Å². The maximum Gasteiger partial charge on any atom is 0.361 e. The molecule has 0 bridgehead atoms. The van der Waals surface area contributed by atoms with E-state index in [1.807, 2.05) is 21.1 Å². The number of likely N-dealkylation sites (N-methyl/N-ethyl adjacent to an activating group) is 1. The highest BCUT2D eigenvalue weighted by Crippen LogP contribution is 2.16. The topological polar surface area (TPSA) is 108 Å². The van der Waals surface area contributed by atoms with Gasteiger partial charge in [-0.05, 0) is 70.6 Å². The number of esters is 2. The van der Waals surface area contributed by atoms with E-state index in [9.17, 15) is 19.5 Å². The first-order valence-electron chi connectivity index (χ1n) is 28.8. The number of hydrogen-bond acceptors (Lipinski definition) is 7. The minimum atomic E-state index is -1.51. The maximum absolute atomic E-state index is 12.8. The molecular weight excluding hydrogens is 887 g/mol. The summed E-state index contributed by atoms with van der Waals surface area (Å²) < 4.78 is 22.6. The lowest BCUT2D eigenvalue weighted by Crippen LogP contribution is -2.40. The highest BCUT2D eigenvalue weighted by Gasteiger charge is 2.25. The van der Waals surface area contributed by atoms with Crippen molar-refractivity contribution in [3.63, 3.8) is 0 Å². The molecule has 0 saturated heterocycles. The molecule has 2 atom stereocenters. The van der Waals surface area contributed by atoms with Crippen LogP contribution in [0.15, 0.2) is 85.1 Å². The molecule has 0 spiro atoms. The number of allylic oxidation sites excluding steroid dienone is 14. The highest BCUT2D eigenvalue weighted by molar-refractivity contribution is 5.71. The summed E-state index contributed by atoms with van der Waals surface area (Å²) in [6.07, 6.45) is 67.4. The smallest absolute Gasteiger partial charge is 0.361 e. The normalized spacial score (nSPS) is 13.4. The fourth-order valence-corrected chi connectivity index (χ4v) is 7.76. The van der Waals surface area contributed by atoms with Gasteiger partial charge in [0, 0.05) is 12.8 Å². The predicted octanol–water partition coefficient (Wildman–Crippen LogP) is 16.8. The van der Waals surface area contributed by atoms with E-state index in [2.05, 4.69) is 98.9 Å². The van der Waals surface area contributed by atoms with E-state index in [0.717, 1.165) is 96.3 Å². The van der Waals surface area contributed by atoms with Crippen LogP contribution >= 0.6 is 0 Å². The van der Waals surface area contributed by atoms with E-state index in [1.165, 1.54) is 109 Å². The van der Waals surface area contributed by atoms with Crippen LogP contribution in [0.4, 0.5) is 0 Å². The summed E-state index contributed by atoms with van der Waals surface area (Å²) in [6, 6.07) is 0. The minimum absolute atomic E-state index is 0.182. The Morgan fingerprint density at radius 1 is 0.437 bits per heavy atom. The molecule has 408 valence electrons. The second-order valence-corrected chi connectivity index (χ2v) is 20.2. The van der Waals surface area contributed by atoms with Gasteiger partial charge < -0.3 is 28.5 Å². The number of carbonyl (C=O) groups excluding carboxylic acids is 2. The minimum Gasteiger partial charge on any atom is -0.477 e. The molecule has 9 nitrogen and oxygen atoms in total. The second kappa shape index (κ2) is 52.8. The average Bonchev–Trinajstić information content (AvgIpc) is 3.34. The Bertz CT molecular complexity index is 1440. The molecule has 0 aromatic carbocycles. The van der Waals surface area contributed by atoms with Crippen molar-refractivity contribution in [1.29, 1.82) is 0 Å². The zero-order valence-corrected chi connectivity index (χ0v) is 46.4. The molecule has 0 rings (SSSR count). The summed E-state index contributed by atoms with van der Waals surface area (Å²) in [5, 5.41) is 9.61. The van der Waals surface area contributed by atoms with Crippen LogP contribution < -0.4 is 0 Å². The number of hydrogen-bond donors (Lipinski definition) is 1. The predicted molar refractivity (Wildman–Crippen MR) is 299 cm³/mol. The number of carboxylic acid groups (broad SMARTS) is 1. The van der Waals surface area contributed by atoms with Gasteiger partial charge in [-0.15, -0.1) is 0 Å². The van der Waals surface area contributed by atoms with Crippen LogP contribution in [0.1, 0.15) is 232 Å². The van der Waals surface area contributed by atoms with Gasteiger partial charge in [0.15, 0.2) is 6.10 Å². The molecule has 0 amide bonds. The van der Waals surface area contributed by atoms with Crippen LogP contribution in [0.5, 0.6) is 0 Å². The van der Waals surface area contributed by atoms with Gasteiger partial charge in [-0.3, -0.25) is 9.59 Å². The zero-order valence-electron chi connectivity index (χ0n) is 46.4. The Hall–Kier alpha value is -3.53. The monoisotopic (exact) mass is 995 g/mol. The standard InChI is InChI=1S/C62H107NO8/c1-6-8-10-12-13-14-15-16-17-18-19-20-21-22-23-24-25-26-27-28-29-30-31-32-33-34-35-36-37-38-39-40-41-42-43-44-45-46-47-49-51-53-60(65)71-58(56-69-59(64)52-50-48-11-9-7-2)57-70-62(61(66)67)68-55-54-63(3,4)5/h8,10,13-14,16-17,19-20,22-23,25-26,28-29,58,62H,6-7,9,11-12,15,18,21,24,27,30-57H2,1-5H3/p+1/b10-8-,14-13-,17-16-,20-19-,23-22-,26-25-,29-28-. The SMILES string of the molecule is CC/C=C\C/C=C\C/C=C\C/C=C\C/C=C\C/C=C\C/C=C\CCCCCCCCCCCCCCCCCCCCCC(=O)OC(COC(=O)CCCCCCC)COC(OCC[N+](C)(C)C)C(=O)O. The molecular formula is C62H108NO8+. The fraction of sp³-hybridized carbons (Fsp3) is 0.726. The fourth-order valence-electron chi connectivity index (χ4n) is 7.76. The Balaban J connectivity index is 3.84. The van der Waals surface area contributed by atoms with Crippen molar-refractivity contribution in [2.75, 3.05) is 47.5 Å². The van der Waals surface area contributed by atoms with Crippen LogP contribution in [-0.2, 0) is 33.3 Å². The van der Waals surface area contributed by atoms with E-state index < -0.39 is 24.3 Å². The molecule has 0 aromatic rings.